The molecule has 124 valence electrons. The first-order valence-corrected chi connectivity index (χ1v) is 6.56. The number of nitrogens with zero attached hydrogens (tertiary/aromatic N) is 1. The second kappa shape index (κ2) is 5.79. The number of hydrogen-bond acceptors (Lipinski definition) is 1. The summed E-state index contributed by atoms with van der Waals surface area (Å²) in [4.78, 5) is 1.44. The van der Waals surface area contributed by atoms with Gasteiger partial charge in [0, 0.05) is 25.3 Å². The largest absolute Gasteiger partial charge is 0.416 e. The van der Waals surface area contributed by atoms with Gasteiger partial charge in [0.15, 0.2) is 0 Å². The molecule has 0 spiro atoms. The van der Waals surface area contributed by atoms with Crippen LogP contribution >= 0.6 is 0 Å². The normalized spacial score (nSPS) is 12.3. The van der Waals surface area contributed by atoms with Gasteiger partial charge in [0.1, 0.15) is 0 Å². The first-order chi connectivity index (χ1) is 10.5. The highest BCUT2D eigenvalue weighted by molar-refractivity contribution is 5.79. The van der Waals surface area contributed by atoms with E-state index in [1.807, 2.05) is 0 Å². The van der Waals surface area contributed by atoms with Gasteiger partial charge >= 0.3 is 12.4 Å². The molecule has 0 saturated carbocycles. The second-order valence-corrected chi connectivity index (χ2v) is 5.20. The third-order valence-electron chi connectivity index (χ3n) is 3.31. The molecule has 0 N–H and O–H groups in total. The summed E-state index contributed by atoms with van der Waals surface area (Å²) in [5.74, 6) is 0. The molecular weight excluding hydrogens is 320 g/mol. The fourth-order valence-corrected chi connectivity index (χ4v) is 2.19. The van der Waals surface area contributed by atoms with E-state index in [0.717, 1.165) is 24.3 Å². The average molecular weight is 333 g/mol. The van der Waals surface area contributed by atoms with Gasteiger partial charge in [-0.25, -0.2) is 0 Å². The minimum Gasteiger partial charge on any atom is -0.377 e. The summed E-state index contributed by atoms with van der Waals surface area (Å²) in [6, 6.07) is 7.49. The molecule has 0 heterocycles. The van der Waals surface area contributed by atoms with Gasteiger partial charge in [-0.2, -0.15) is 26.3 Å². The van der Waals surface area contributed by atoms with Crippen molar-refractivity contribution < 1.29 is 26.3 Å². The number of alkyl halides is 6. The summed E-state index contributed by atoms with van der Waals surface area (Å²) in [6.07, 6.45) is -9.03. The van der Waals surface area contributed by atoms with Crippen molar-refractivity contribution in [1.82, 2.24) is 0 Å². The monoisotopic (exact) mass is 333 g/mol. The molecule has 23 heavy (non-hydrogen) atoms. The van der Waals surface area contributed by atoms with Crippen LogP contribution in [0.5, 0.6) is 0 Å². The van der Waals surface area contributed by atoms with Crippen LogP contribution in [-0.4, -0.2) is 14.1 Å². The molecule has 0 unspecified atom stereocenters. The lowest BCUT2D eigenvalue weighted by Crippen LogP contribution is -2.13. The second-order valence-electron chi connectivity index (χ2n) is 5.20. The van der Waals surface area contributed by atoms with Crippen LogP contribution in [0.1, 0.15) is 11.1 Å². The molecule has 1 nitrogen and oxygen atoms in total. The Morgan fingerprint density at radius 2 is 1.30 bits per heavy atom. The maximum atomic E-state index is 12.8. The molecule has 0 aliphatic heterocycles. The van der Waals surface area contributed by atoms with Gasteiger partial charge in [-0.05, 0) is 29.8 Å². The summed E-state index contributed by atoms with van der Waals surface area (Å²) in [7, 11) is 3.07. The first kappa shape index (κ1) is 17.2. The number of rotatable bonds is 2. The van der Waals surface area contributed by atoms with Crippen molar-refractivity contribution in [3.05, 3.63) is 53.6 Å². The first-order valence-electron chi connectivity index (χ1n) is 6.56. The predicted molar refractivity (Wildman–Crippen MR) is 76.2 cm³/mol. The van der Waals surface area contributed by atoms with E-state index in [0.29, 0.717) is 5.56 Å². The van der Waals surface area contributed by atoms with Crippen molar-refractivity contribution >= 4 is 5.69 Å². The molecule has 0 amide bonds. The van der Waals surface area contributed by atoms with E-state index < -0.39 is 23.5 Å². The average Bonchev–Trinajstić information content (AvgIpc) is 2.45. The van der Waals surface area contributed by atoms with E-state index in [-0.39, 0.29) is 11.3 Å². The van der Waals surface area contributed by atoms with Gasteiger partial charge in [-0.3, -0.25) is 0 Å². The Morgan fingerprint density at radius 3 is 1.83 bits per heavy atom. The summed E-state index contributed by atoms with van der Waals surface area (Å²) >= 11 is 0. The summed E-state index contributed by atoms with van der Waals surface area (Å²) in [6.45, 7) is 0. The number of anilines is 1. The van der Waals surface area contributed by atoms with E-state index in [9.17, 15) is 26.3 Å². The van der Waals surface area contributed by atoms with Crippen LogP contribution < -0.4 is 4.90 Å². The highest BCUT2D eigenvalue weighted by Crippen LogP contribution is 2.38. The molecule has 0 fully saturated rings. The summed E-state index contributed by atoms with van der Waals surface area (Å²) in [5.41, 5.74) is -0.998. The van der Waals surface area contributed by atoms with Crippen LogP contribution in [0.3, 0.4) is 0 Å². The van der Waals surface area contributed by atoms with Crippen molar-refractivity contribution in [2.75, 3.05) is 19.0 Å². The van der Waals surface area contributed by atoms with E-state index in [1.54, 1.807) is 0 Å². The Balaban J connectivity index is 2.60. The number of benzene rings is 2. The minimum atomic E-state index is -4.52. The van der Waals surface area contributed by atoms with Crippen LogP contribution in [0.4, 0.5) is 32.0 Å². The Hall–Kier alpha value is -2.18. The zero-order chi connectivity index (χ0) is 17.4. The maximum Gasteiger partial charge on any atom is 0.416 e. The van der Waals surface area contributed by atoms with E-state index in [2.05, 4.69) is 0 Å². The van der Waals surface area contributed by atoms with Crippen LogP contribution in [-0.2, 0) is 12.4 Å². The SMILES string of the molecule is CN(C)c1cc(C(F)(F)F)ccc1-c1cccc(C(F)(F)F)c1. The molecule has 7 heteroatoms. The highest BCUT2D eigenvalue weighted by Gasteiger charge is 2.32. The minimum absolute atomic E-state index is 0.194. The fraction of sp³-hybridized carbons (Fsp3) is 0.250. The molecule has 0 saturated heterocycles. The Bertz CT molecular complexity index is 700. The lowest BCUT2D eigenvalue weighted by molar-refractivity contribution is -0.138. The smallest absolute Gasteiger partial charge is 0.377 e. The van der Waals surface area contributed by atoms with Crippen molar-refractivity contribution in [3.63, 3.8) is 0 Å². The molecule has 0 aliphatic rings. The van der Waals surface area contributed by atoms with Gasteiger partial charge in [-0.15, -0.1) is 0 Å². The van der Waals surface area contributed by atoms with Crippen molar-refractivity contribution in [2.45, 2.75) is 12.4 Å². The summed E-state index contributed by atoms with van der Waals surface area (Å²) < 4.78 is 76.9. The lowest BCUT2D eigenvalue weighted by Gasteiger charge is -2.20. The molecule has 0 aromatic heterocycles. The molecule has 0 aliphatic carbocycles. The van der Waals surface area contributed by atoms with E-state index in [4.69, 9.17) is 0 Å². The number of halogens is 6. The molecule has 2 rings (SSSR count). The van der Waals surface area contributed by atoms with Crippen LogP contribution in [0.15, 0.2) is 42.5 Å². The quantitative estimate of drug-likeness (QED) is 0.660. The molecule has 0 radical (unpaired) electrons. The molecule has 2 aromatic carbocycles. The zero-order valence-corrected chi connectivity index (χ0v) is 12.3. The Morgan fingerprint density at radius 1 is 0.739 bits per heavy atom. The topological polar surface area (TPSA) is 3.24 Å². The third kappa shape index (κ3) is 3.78. The van der Waals surface area contributed by atoms with Gasteiger partial charge in [0.2, 0.25) is 0 Å². The van der Waals surface area contributed by atoms with Crippen molar-refractivity contribution in [3.8, 4) is 11.1 Å². The summed E-state index contributed by atoms with van der Waals surface area (Å²) in [5, 5.41) is 0. The van der Waals surface area contributed by atoms with Gasteiger partial charge in [-0.1, -0.05) is 18.2 Å². The zero-order valence-electron chi connectivity index (χ0n) is 12.3. The standard InChI is InChI=1S/C16H13F6N/c1-23(2)14-9-12(16(20,21)22)6-7-13(14)10-4-3-5-11(8-10)15(17,18)19/h3-9H,1-2H3. The highest BCUT2D eigenvalue weighted by atomic mass is 19.4. The third-order valence-corrected chi connectivity index (χ3v) is 3.31. The number of hydrogen-bond donors (Lipinski definition) is 0. The van der Waals surface area contributed by atoms with Crippen molar-refractivity contribution in [1.29, 1.82) is 0 Å². The van der Waals surface area contributed by atoms with Crippen LogP contribution in [0.25, 0.3) is 11.1 Å². The van der Waals surface area contributed by atoms with Crippen LogP contribution in [0, 0.1) is 0 Å². The van der Waals surface area contributed by atoms with E-state index in [1.165, 1.54) is 37.2 Å². The Labute approximate surface area is 129 Å². The fourth-order valence-electron chi connectivity index (χ4n) is 2.19. The van der Waals surface area contributed by atoms with Gasteiger partial charge in [0.25, 0.3) is 0 Å². The van der Waals surface area contributed by atoms with Gasteiger partial charge < -0.3 is 4.90 Å². The lowest BCUT2D eigenvalue weighted by atomic mass is 9.99. The van der Waals surface area contributed by atoms with E-state index >= 15 is 0 Å². The molecular formula is C16H13F6N. The maximum absolute atomic E-state index is 12.8. The molecule has 2 aromatic rings. The molecule has 0 atom stereocenters. The van der Waals surface area contributed by atoms with Crippen LogP contribution in [0.2, 0.25) is 0 Å². The Kier molecular flexibility index (Phi) is 4.32. The van der Waals surface area contributed by atoms with Gasteiger partial charge in [0.05, 0.1) is 11.1 Å². The molecule has 0 bridgehead atoms. The predicted octanol–water partition coefficient (Wildman–Crippen LogP) is 5.46. The van der Waals surface area contributed by atoms with Crippen molar-refractivity contribution in [2.24, 2.45) is 0 Å².